The van der Waals surface area contributed by atoms with Crippen molar-refractivity contribution in [1.29, 1.82) is 0 Å². The van der Waals surface area contributed by atoms with Crippen molar-refractivity contribution >= 4 is 0 Å². The van der Waals surface area contributed by atoms with Gasteiger partial charge < -0.3 is 16.2 Å². The van der Waals surface area contributed by atoms with E-state index in [0.717, 1.165) is 38.3 Å². The van der Waals surface area contributed by atoms with E-state index in [-0.39, 0.29) is 5.41 Å². The first-order chi connectivity index (χ1) is 7.54. The molecule has 1 saturated heterocycles. The normalized spacial score (nSPS) is 49.5. The highest BCUT2D eigenvalue weighted by molar-refractivity contribution is 5.07. The first-order valence-corrected chi connectivity index (χ1v) is 6.67. The molecule has 3 heteroatoms. The van der Waals surface area contributed by atoms with Gasteiger partial charge in [-0.3, -0.25) is 0 Å². The molecule has 2 rings (SSSR count). The van der Waals surface area contributed by atoms with Crippen molar-refractivity contribution in [3.63, 3.8) is 0 Å². The molecular weight excluding hydrogens is 200 g/mol. The average molecular weight is 226 g/mol. The molecule has 4 atom stereocenters. The fourth-order valence-electron chi connectivity index (χ4n) is 3.95. The third-order valence-corrected chi connectivity index (χ3v) is 5.11. The van der Waals surface area contributed by atoms with Crippen LogP contribution >= 0.6 is 0 Å². The maximum atomic E-state index is 11.1. The summed E-state index contributed by atoms with van der Waals surface area (Å²) in [5, 5.41) is 14.5. The second-order valence-electron chi connectivity index (χ2n) is 6.11. The van der Waals surface area contributed by atoms with Crippen LogP contribution in [0.2, 0.25) is 0 Å². The molecule has 16 heavy (non-hydrogen) atoms. The molecule has 0 radical (unpaired) electrons. The summed E-state index contributed by atoms with van der Waals surface area (Å²) in [5.41, 5.74) is 5.47. The van der Waals surface area contributed by atoms with E-state index in [1.54, 1.807) is 0 Å². The van der Waals surface area contributed by atoms with E-state index in [2.05, 4.69) is 19.2 Å². The zero-order valence-corrected chi connectivity index (χ0v) is 10.6. The highest BCUT2D eigenvalue weighted by Crippen LogP contribution is 2.52. The number of nitrogens with one attached hydrogen (secondary N) is 1. The fraction of sp³-hybridized carbons (Fsp3) is 1.00. The van der Waals surface area contributed by atoms with Crippen molar-refractivity contribution in [2.24, 2.45) is 23.0 Å². The Balaban J connectivity index is 2.25. The molecule has 0 aromatic heterocycles. The van der Waals surface area contributed by atoms with Crippen LogP contribution in [-0.4, -0.2) is 30.3 Å². The van der Waals surface area contributed by atoms with Gasteiger partial charge in [-0.15, -0.1) is 0 Å². The molecule has 1 saturated carbocycles. The summed E-state index contributed by atoms with van der Waals surface area (Å²) >= 11 is 0. The summed E-state index contributed by atoms with van der Waals surface area (Å²) in [6.07, 6.45) is 4.29. The van der Waals surface area contributed by atoms with E-state index in [1.165, 1.54) is 6.42 Å². The van der Waals surface area contributed by atoms with Crippen molar-refractivity contribution in [1.82, 2.24) is 5.32 Å². The van der Waals surface area contributed by atoms with Crippen molar-refractivity contribution in [3.05, 3.63) is 0 Å². The molecule has 1 aliphatic carbocycles. The van der Waals surface area contributed by atoms with Crippen LogP contribution in [0, 0.1) is 17.3 Å². The van der Waals surface area contributed by atoms with Crippen molar-refractivity contribution < 1.29 is 5.11 Å². The first kappa shape index (κ1) is 12.3. The first-order valence-electron chi connectivity index (χ1n) is 6.67. The SMILES string of the molecule is CC1CCC(CN)(C2(O)CCNCC2C)C1. The molecule has 2 fully saturated rings. The molecule has 0 amide bonds. The number of nitrogens with two attached hydrogens (primary N) is 1. The number of rotatable bonds is 2. The fourth-order valence-corrected chi connectivity index (χ4v) is 3.95. The van der Waals surface area contributed by atoms with Crippen LogP contribution in [0.5, 0.6) is 0 Å². The van der Waals surface area contributed by atoms with Gasteiger partial charge in [0.2, 0.25) is 0 Å². The van der Waals surface area contributed by atoms with E-state index in [0.29, 0.717) is 12.5 Å². The summed E-state index contributed by atoms with van der Waals surface area (Å²) in [4.78, 5) is 0. The van der Waals surface area contributed by atoms with E-state index in [1.807, 2.05) is 0 Å². The highest BCUT2D eigenvalue weighted by atomic mass is 16.3. The summed E-state index contributed by atoms with van der Waals surface area (Å²) in [7, 11) is 0. The molecule has 94 valence electrons. The third kappa shape index (κ3) is 1.69. The Kier molecular flexibility index (Phi) is 3.30. The highest BCUT2D eigenvalue weighted by Gasteiger charge is 2.55. The van der Waals surface area contributed by atoms with Gasteiger partial charge >= 0.3 is 0 Å². The van der Waals surface area contributed by atoms with Gasteiger partial charge in [-0.05, 0) is 37.6 Å². The van der Waals surface area contributed by atoms with Gasteiger partial charge in [0.05, 0.1) is 5.60 Å². The Morgan fingerprint density at radius 1 is 1.38 bits per heavy atom. The van der Waals surface area contributed by atoms with Crippen LogP contribution in [0.15, 0.2) is 0 Å². The van der Waals surface area contributed by atoms with E-state index in [9.17, 15) is 5.11 Å². The molecule has 4 N–H and O–H groups in total. The lowest BCUT2D eigenvalue weighted by molar-refractivity contribution is -0.133. The topological polar surface area (TPSA) is 58.3 Å². The van der Waals surface area contributed by atoms with E-state index >= 15 is 0 Å². The molecule has 0 spiro atoms. The lowest BCUT2D eigenvalue weighted by Crippen LogP contribution is -2.61. The molecule has 0 bridgehead atoms. The molecule has 0 aromatic rings. The van der Waals surface area contributed by atoms with Gasteiger partial charge in [0, 0.05) is 18.5 Å². The molecule has 3 nitrogen and oxygen atoms in total. The van der Waals surface area contributed by atoms with Crippen molar-refractivity contribution in [2.45, 2.75) is 45.1 Å². The van der Waals surface area contributed by atoms with Gasteiger partial charge in [-0.25, -0.2) is 0 Å². The number of aliphatic hydroxyl groups is 1. The molecule has 1 heterocycles. The maximum absolute atomic E-state index is 11.1. The molecule has 2 aliphatic rings. The monoisotopic (exact) mass is 226 g/mol. The lowest BCUT2D eigenvalue weighted by atomic mass is 9.62. The summed E-state index contributed by atoms with van der Waals surface area (Å²) < 4.78 is 0. The Labute approximate surface area is 98.8 Å². The van der Waals surface area contributed by atoms with Gasteiger partial charge in [0.25, 0.3) is 0 Å². The molecule has 4 unspecified atom stereocenters. The Morgan fingerprint density at radius 3 is 2.62 bits per heavy atom. The minimum Gasteiger partial charge on any atom is -0.389 e. The maximum Gasteiger partial charge on any atom is 0.0765 e. The Morgan fingerprint density at radius 2 is 2.12 bits per heavy atom. The zero-order chi connectivity index (χ0) is 11.8. The van der Waals surface area contributed by atoms with Crippen LogP contribution in [0.1, 0.15) is 39.5 Å². The average Bonchev–Trinajstić information content (AvgIpc) is 2.66. The van der Waals surface area contributed by atoms with Gasteiger partial charge in [0.1, 0.15) is 0 Å². The van der Waals surface area contributed by atoms with Crippen LogP contribution in [0.3, 0.4) is 0 Å². The minimum atomic E-state index is -0.544. The summed E-state index contributed by atoms with van der Waals surface area (Å²) in [6, 6.07) is 0. The minimum absolute atomic E-state index is 0.0199. The lowest BCUT2D eigenvalue weighted by Gasteiger charge is -2.51. The molecular formula is C13H26N2O. The van der Waals surface area contributed by atoms with E-state index in [4.69, 9.17) is 5.73 Å². The quantitative estimate of drug-likeness (QED) is 0.661. The zero-order valence-electron chi connectivity index (χ0n) is 10.6. The molecule has 1 aliphatic heterocycles. The van der Waals surface area contributed by atoms with Crippen molar-refractivity contribution in [3.8, 4) is 0 Å². The van der Waals surface area contributed by atoms with Crippen molar-refractivity contribution in [2.75, 3.05) is 19.6 Å². The predicted molar refractivity (Wildman–Crippen MR) is 66.1 cm³/mol. The predicted octanol–water partition coefficient (Wildman–Crippen LogP) is 1.11. The van der Waals surface area contributed by atoms with Gasteiger partial charge in [-0.2, -0.15) is 0 Å². The number of piperidine rings is 1. The Hall–Kier alpha value is -0.120. The number of hydrogen-bond donors (Lipinski definition) is 3. The Bertz CT molecular complexity index is 256. The standard InChI is InChI=1S/C13H26N2O/c1-10-3-4-12(7-10,9-14)13(16)5-6-15-8-11(13)2/h10-11,15-16H,3-9,14H2,1-2H3. The van der Waals surface area contributed by atoms with Crippen LogP contribution in [0.4, 0.5) is 0 Å². The summed E-state index contributed by atoms with van der Waals surface area (Å²) in [6.45, 7) is 6.93. The summed E-state index contributed by atoms with van der Waals surface area (Å²) in [5.74, 6) is 1.03. The second kappa shape index (κ2) is 4.28. The van der Waals surface area contributed by atoms with Crippen LogP contribution < -0.4 is 11.1 Å². The second-order valence-corrected chi connectivity index (χ2v) is 6.11. The van der Waals surface area contributed by atoms with Gasteiger partial charge in [-0.1, -0.05) is 20.3 Å². The smallest absolute Gasteiger partial charge is 0.0765 e. The van der Waals surface area contributed by atoms with Crippen LogP contribution in [0.25, 0.3) is 0 Å². The largest absolute Gasteiger partial charge is 0.389 e. The third-order valence-electron chi connectivity index (χ3n) is 5.11. The van der Waals surface area contributed by atoms with Gasteiger partial charge in [0.15, 0.2) is 0 Å². The number of hydrogen-bond acceptors (Lipinski definition) is 3. The van der Waals surface area contributed by atoms with E-state index < -0.39 is 5.60 Å². The van der Waals surface area contributed by atoms with Crippen LogP contribution in [-0.2, 0) is 0 Å². The molecule has 0 aromatic carbocycles.